The van der Waals surface area contributed by atoms with Gasteiger partial charge in [-0.2, -0.15) is 0 Å². The molecule has 7 heteroatoms. The first-order valence-corrected chi connectivity index (χ1v) is 6.08. The van der Waals surface area contributed by atoms with Gasteiger partial charge in [-0.05, 0) is 12.1 Å². The Morgan fingerprint density at radius 2 is 1.86 bits per heavy atom. The number of rotatable bonds is 3. The number of fused-ring (bicyclic) bond motifs is 1. The molecule has 4 nitrogen and oxygen atoms in total. The first-order valence-electron chi connectivity index (χ1n) is 6.08. The van der Waals surface area contributed by atoms with E-state index in [1.165, 1.54) is 25.4 Å². The second-order valence-corrected chi connectivity index (χ2v) is 4.30. The van der Waals surface area contributed by atoms with Crippen LogP contribution in [0.3, 0.4) is 0 Å². The lowest BCUT2D eigenvalue weighted by Crippen LogP contribution is -1.98. The Kier molecular flexibility index (Phi) is 3.25. The molecule has 0 saturated carbocycles. The summed E-state index contributed by atoms with van der Waals surface area (Å²) in [5.41, 5.74) is 0.850. The highest BCUT2D eigenvalue weighted by atomic mass is 19.3. The van der Waals surface area contributed by atoms with E-state index in [2.05, 4.69) is 10.2 Å². The Hall–Kier alpha value is -2.57. The van der Waals surface area contributed by atoms with Gasteiger partial charge in [0.25, 0.3) is 6.43 Å². The van der Waals surface area contributed by atoms with E-state index in [9.17, 15) is 13.2 Å². The van der Waals surface area contributed by atoms with Crippen molar-refractivity contribution in [2.45, 2.75) is 6.43 Å². The fourth-order valence-electron chi connectivity index (χ4n) is 2.19. The maximum absolute atomic E-state index is 13.9. The maximum Gasteiger partial charge on any atom is 0.297 e. The largest absolute Gasteiger partial charge is 0.492 e. The number of ether oxygens (including phenoxy) is 1. The van der Waals surface area contributed by atoms with Crippen LogP contribution in [0.2, 0.25) is 0 Å². The molecule has 0 radical (unpaired) electrons. The summed E-state index contributed by atoms with van der Waals surface area (Å²) < 4.78 is 45.9. The van der Waals surface area contributed by atoms with Gasteiger partial charge in [0.1, 0.15) is 5.82 Å². The van der Waals surface area contributed by atoms with Crippen molar-refractivity contribution in [3.8, 4) is 16.9 Å². The zero-order valence-electron chi connectivity index (χ0n) is 10.9. The summed E-state index contributed by atoms with van der Waals surface area (Å²) in [7, 11) is 1.37. The summed E-state index contributed by atoms with van der Waals surface area (Å²) in [6.07, 6.45) is -1.38. The molecule has 0 N–H and O–H groups in total. The molecule has 0 atom stereocenters. The number of nitrogens with zero attached hydrogens (tertiary/aromatic N) is 3. The van der Waals surface area contributed by atoms with Crippen molar-refractivity contribution in [1.82, 2.24) is 14.6 Å². The third-order valence-corrected chi connectivity index (χ3v) is 3.12. The quantitative estimate of drug-likeness (QED) is 0.742. The maximum atomic E-state index is 13.9. The zero-order chi connectivity index (χ0) is 15.0. The van der Waals surface area contributed by atoms with Crippen LogP contribution in [0.4, 0.5) is 13.2 Å². The van der Waals surface area contributed by atoms with Crippen LogP contribution in [0.5, 0.6) is 5.75 Å². The average Bonchev–Trinajstić information content (AvgIpc) is 2.91. The Labute approximate surface area is 117 Å². The van der Waals surface area contributed by atoms with E-state index in [1.54, 1.807) is 18.2 Å². The number of pyridine rings is 1. The van der Waals surface area contributed by atoms with Crippen molar-refractivity contribution in [2.75, 3.05) is 7.11 Å². The summed E-state index contributed by atoms with van der Waals surface area (Å²) in [5.74, 6) is -0.723. The Morgan fingerprint density at radius 1 is 1.10 bits per heavy atom. The highest BCUT2D eigenvalue weighted by Gasteiger charge is 2.21. The smallest absolute Gasteiger partial charge is 0.297 e. The van der Waals surface area contributed by atoms with Gasteiger partial charge in [-0.3, -0.25) is 4.40 Å². The number of methoxy groups -OCH3 is 1. The first-order chi connectivity index (χ1) is 10.1. The Morgan fingerprint density at radius 3 is 2.52 bits per heavy atom. The molecule has 3 aromatic rings. The summed E-state index contributed by atoms with van der Waals surface area (Å²) in [6.45, 7) is 0. The highest BCUT2D eigenvalue weighted by molar-refractivity contribution is 5.77. The standard InChI is InChI=1S/C14H10F3N3O/c1-21-11-9(8-4-2-3-5-10(8)15)6-7-20-13(11)18-19-14(20)12(16)17/h2-7,12H,1H3. The van der Waals surface area contributed by atoms with Crippen molar-refractivity contribution < 1.29 is 17.9 Å². The van der Waals surface area contributed by atoms with Crippen LogP contribution in [0.25, 0.3) is 16.8 Å². The van der Waals surface area contributed by atoms with Crippen LogP contribution >= 0.6 is 0 Å². The molecule has 0 spiro atoms. The normalized spacial score (nSPS) is 11.3. The molecule has 2 aromatic heterocycles. The summed E-state index contributed by atoms with van der Waals surface area (Å²) in [5, 5.41) is 7.16. The molecule has 0 bridgehead atoms. The van der Waals surface area contributed by atoms with E-state index >= 15 is 0 Å². The third kappa shape index (κ3) is 2.10. The highest BCUT2D eigenvalue weighted by Crippen LogP contribution is 2.35. The minimum Gasteiger partial charge on any atom is -0.492 e. The lowest BCUT2D eigenvalue weighted by atomic mass is 10.1. The van der Waals surface area contributed by atoms with Gasteiger partial charge in [0.05, 0.1) is 7.11 Å². The molecule has 0 saturated heterocycles. The molecule has 21 heavy (non-hydrogen) atoms. The molecular weight excluding hydrogens is 283 g/mol. The zero-order valence-corrected chi connectivity index (χ0v) is 10.9. The molecule has 0 aliphatic rings. The number of hydrogen-bond acceptors (Lipinski definition) is 3. The van der Waals surface area contributed by atoms with E-state index in [-0.39, 0.29) is 11.4 Å². The van der Waals surface area contributed by atoms with Gasteiger partial charge < -0.3 is 4.74 Å². The van der Waals surface area contributed by atoms with Crippen molar-refractivity contribution in [3.63, 3.8) is 0 Å². The number of hydrogen-bond donors (Lipinski definition) is 0. The lowest BCUT2D eigenvalue weighted by molar-refractivity contribution is 0.139. The van der Waals surface area contributed by atoms with Crippen molar-refractivity contribution in [3.05, 3.63) is 48.2 Å². The molecule has 1 aromatic carbocycles. The van der Waals surface area contributed by atoms with E-state index in [4.69, 9.17) is 4.74 Å². The molecule has 0 fully saturated rings. The van der Waals surface area contributed by atoms with E-state index in [1.807, 2.05) is 0 Å². The van der Waals surface area contributed by atoms with Crippen LogP contribution in [0, 0.1) is 5.82 Å². The molecule has 0 aliphatic heterocycles. The topological polar surface area (TPSA) is 39.4 Å². The van der Waals surface area contributed by atoms with Crippen LogP contribution in [-0.4, -0.2) is 21.7 Å². The fraction of sp³-hybridized carbons (Fsp3) is 0.143. The second kappa shape index (κ2) is 5.08. The van der Waals surface area contributed by atoms with Gasteiger partial charge in [0.2, 0.25) is 11.5 Å². The Balaban J connectivity index is 2.29. The van der Waals surface area contributed by atoms with Gasteiger partial charge >= 0.3 is 0 Å². The van der Waals surface area contributed by atoms with Crippen molar-refractivity contribution in [1.29, 1.82) is 0 Å². The fourth-order valence-corrected chi connectivity index (χ4v) is 2.19. The van der Waals surface area contributed by atoms with Gasteiger partial charge in [-0.25, -0.2) is 13.2 Å². The molecule has 0 unspecified atom stereocenters. The third-order valence-electron chi connectivity index (χ3n) is 3.12. The second-order valence-electron chi connectivity index (χ2n) is 4.30. The van der Waals surface area contributed by atoms with Gasteiger partial charge in [-0.1, -0.05) is 18.2 Å². The van der Waals surface area contributed by atoms with Gasteiger partial charge in [0.15, 0.2) is 5.75 Å². The minimum absolute atomic E-state index is 0.119. The SMILES string of the molecule is COc1c(-c2ccccc2F)ccn2c(C(F)F)nnc12. The predicted octanol–water partition coefficient (Wildman–Crippen LogP) is 3.48. The Bertz CT molecular complexity index is 801. The minimum atomic E-state index is -2.76. The monoisotopic (exact) mass is 293 g/mol. The molecule has 0 aliphatic carbocycles. The summed E-state index contributed by atoms with van der Waals surface area (Å²) >= 11 is 0. The number of halogens is 3. The molecule has 0 amide bonds. The van der Waals surface area contributed by atoms with Crippen LogP contribution in [0.1, 0.15) is 12.2 Å². The van der Waals surface area contributed by atoms with Crippen LogP contribution in [-0.2, 0) is 0 Å². The van der Waals surface area contributed by atoms with E-state index in [0.29, 0.717) is 11.1 Å². The number of alkyl halides is 2. The lowest BCUT2D eigenvalue weighted by Gasteiger charge is -2.10. The van der Waals surface area contributed by atoms with Crippen molar-refractivity contribution >= 4 is 5.65 Å². The predicted molar refractivity (Wildman–Crippen MR) is 69.9 cm³/mol. The van der Waals surface area contributed by atoms with Crippen LogP contribution < -0.4 is 4.74 Å². The summed E-state index contributed by atoms with van der Waals surface area (Å²) in [4.78, 5) is 0. The average molecular weight is 293 g/mol. The van der Waals surface area contributed by atoms with Crippen LogP contribution in [0.15, 0.2) is 36.5 Å². The molecule has 108 valence electrons. The molecule has 3 rings (SSSR count). The number of benzene rings is 1. The van der Waals surface area contributed by atoms with E-state index < -0.39 is 18.1 Å². The molecular formula is C14H10F3N3O. The number of aromatic nitrogens is 3. The summed E-state index contributed by atoms with van der Waals surface area (Å²) in [6, 6.07) is 7.63. The van der Waals surface area contributed by atoms with Gasteiger partial charge in [-0.15, -0.1) is 10.2 Å². The first kappa shape index (κ1) is 13.4. The molecule has 2 heterocycles. The van der Waals surface area contributed by atoms with E-state index in [0.717, 1.165) is 4.40 Å². The van der Waals surface area contributed by atoms with Gasteiger partial charge in [0, 0.05) is 17.3 Å². The van der Waals surface area contributed by atoms with Crippen molar-refractivity contribution in [2.24, 2.45) is 0 Å².